The van der Waals surface area contributed by atoms with Gasteiger partial charge < -0.3 is 9.13 Å². The summed E-state index contributed by atoms with van der Waals surface area (Å²) in [4.78, 5) is 5.19. The predicted molar refractivity (Wildman–Crippen MR) is 209 cm³/mol. The van der Waals surface area contributed by atoms with Crippen molar-refractivity contribution in [3.8, 4) is 28.5 Å². The van der Waals surface area contributed by atoms with Crippen LogP contribution in [0.3, 0.4) is 0 Å². The van der Waals surface area contributed by atoms with E-state index < -0.39 is 0 Å². The molecule has 0 aliphatic rings. The van der Waals surface area contributed by atoms with E-state index in [9.17, 15) is 0 Å². The zero-order chi connectivity index (χ0) is 33.5. The number of aryl methyl sites for hydroxylation is 3. The number of para-hydroxylation sites is 3. The van der Waals surface area contributed by atoms with Crippen LogP contribution in [0.1, 0.15) is 16.7 Å². The number of nitrogens with zero attached hydrogens (tertiary/aromatic N) is 4. The van der Waals surface area contributed by atoms with Gasteiger partial charge in [0, 0.05) is 44.2 Å². The van der Waals surface area contributed by atoms with E-state index in [0.717, 1.165) is 39.5 Å². The lowest BCUT2D eigenvalue weighted by Gasteiger charge is -2.13. The van der Waals surface area contributed by atoms with E-state index in [1.54, 1.807) is 0 Å². The molecular weight excluding hydrogens is 609 g/mol. The smallest absolute Gasteiger partial charge is 0.145 e. The largest absolute Gasteiger partial charge is 0.309 e. The Kier molecular flexibility index (Phi) is 6.19. The van der Waals surface area contributed by atoms with Crippen LogP contribution < -0.4 is 0 Å². The minimum absolute atomic E-state index is 0.924. The Morgan fingerprint density at radius 3 is 1.60 bits per heavy atom. The number of benzene rings is 7. The molecule has 3 heterocycles. The van der Waals surface area contributed by atoms with Gasteiger partial charge in [-0.2, -0.15) is 0 Å². The molecule has 0 amide bonds. The third-order valence-corrected chi connectivity index (χ3v) is 10.2. The second-order valence-corrected chi connectivity index (χ2v) is 13.6. The first-order valence-corrected chi connectivity index (χ1v) is 17.2. The van der Waals surface area contributed by atoms with Crippen LogP contribution >= 0.6 is 0 Å². The average Bonchev–Trinajstić information content (AvgIpc) is 3.79. The Balaban J connectivity index is 1.23. The van der Waals surface area contributed by atoms with E-state index in [0.29, 0.717) is 0 Å². The molecule has 0 saturated heterocycles. The topological polar surface area (TPSA) is 27.7 Å². The Bertz CT molecular complexity index is 2900. The van der Waals surface area contributed by atoms with Crippen molar-refractivity contribution in [2.24, 2.45) is 0 Å². The zero-order valence-corrected chi connectivity index (χ0v) is 28.2. The Morgan fingerprint density at radius 1 is 0.360 bits per heavy atom. The molecule has 0 bridgehead atoms. The van der Waals surface area contributed by atoms with Crippen LogP contribution in [0.4, 0.5) is 0 Å². The summed E-state index contributed by atoms with van der Waals surface area (Å²) in [6, 6.07) is 55.1. The lowest BCUT2D eigenvalue weighted by Crippen LogP contribution is -1.99. The van der Waals surface area contributed by atoms with E-state index in [1.807, 2.05) is 0 Å². The maximum atomic E-state index is 5.19. The molecule has 0 atom stereocenters. The Labute approximate surface area is 290 Å². The van der Waals surface area contributed by atoms with Crippen molar-refractivity contribution in [1.82, 2.24) is 18.7 Å². The average molecular weight is 643 g/mol. The molecule has 0 unspecified atom stereocenters. The summed E-state index contributed by atoms with van der Waals surface area (Å²) in [5, 5.41) is 5.06. The summed E-state index contributed by atoms with van der Waals surface area (Å²) < 4.78 is 7.12. The minimum Gasteiger partial charge on any atom is -0.309 e. The number of fused-ring (bicyclic) bond motifs is 7. The number of rotatable bonds is 4. The molecule has 10 rings (SSSR count). The highest BCUT2D eigenvalue weighted by atomic mass is 15.1. The number of aromatic nitrogens is 4. The van der Waals surface area contributed by atoms with Crippen LogP contribution in [0.5, 0.6) is 0 Å². The second kappa shape index (κ2) is 10.8. The van der Waals surface area contributed by atoms with Crippen LogP contribution in [0.2, 0.25) is 0 Å². The summed E-state index contributed by atoms with van der Waals surface area (Å²) in [6.07, 6.45) is 0. The Hall–Kier alpha value is -6.39. The van der Waals surface area contributed by atoms with Crippen LogP contribution in [0.25, 0.3) is 83.1 Å². The van der Waals surface area contributed by atoms with Crippen LogP contribution in [-0.2, 0) is 0 Å². The van der Waals surface area contributed by atoms with Crippen molar-refractivity contribution in [2.45, 2.75) is 20.8 Å². The molecule has 0 saturated carbocycles. The monoisotopic (exact) mass is 642 g/mol. The van der Waals surface area contributed by atoms with Crippen LogP contribution in [0.15, 0.2) is 152 Å². The molecule has 4 nitrogen and oxygen atoms in total. The fourth-order valence-corrected chi connectivity index (χ4v) is 7.91. The van der Waals surface area contributed by atoms with Crippen molar-refractivity contribution in [3.05, 3.63) is 168 Å². The molecule has 0 spiro atoms. The molecule has 0 N–H and O–H groups in total. The molecule has 0 radical (unpaired) electrons. The lowest BCUT2D eigenvalue weighted by atomic mass is 10.1. The molecule has 7 aromatic carbocycles. The van der Waals surface area contributed by atoms with Crippen molar-refractivity contribution in [3.63, 3.8) is 0 Å². The number of imidazole rings is 1. The quantitative estimate of drug-likeness (QED) is 0.188. The molecule has 50 heavy (non-hydrogen) atoms. The molecule has 0 aliphatic heterocycles. The molecule has 3 aromatic heterocycles. The van der Waals surface area contributed by atoms with E-state index in [1.165, 1.54) is 60.3 Å². The van der Waals surface area contributed by atoms with Crippen molar-refractivity contribution < 1.29 is 0 Å². The third kappa shape index (κ3) is 4.28. The lowest BCUT2D eigenvalue weighted by molar-refractivity contribution is 1.10. The van der Waals surface area contributed by atoms with Gasteiger partial charge in [-0.1, -0.05) is 83.4 Å². The molecule has 4 heteroatoms. The normalized spacial score (nSPS) is 11.9. The van der Waals surface area contributed by atoms with Gasteiger partial charge in [-0.3, -0.25) is 4.57 Å². The Morgan fingerprint density at radius 2 is 0.920 bits per heavy atom. The molecule has 238 valence electrons. The standard InChI is InChI=1S/C46H34N4/c1-29-16-21-41-37(24-29)36-20-19-35(48-42-22-17-30(2)25-38(42)39-26-31(3)18-23-43(39)48)28-45(36)49(41)34-13-9-10-32(27-34)46-47-40-14-7-8-15-44(40)50(46)33-11-5-4-6-12-33/h4-28H,1-3H3. The van der Waals surface area contributed by atoms with E-state index in [-0.39, 0.29) is 0 Å². The number of hydrogen-bond donors (Lipinski definition) is 0. The molecule has 0 fully saturated rings. The first-order valence-electron chi connectivity index (χ1n) is 17.2. The highest BCUT2D eigenvalue weighted by Crippen LogP contribution is 2.38. The minimum atomic E-state index is 0.924. The summed E-state index contributed by atoms with van der Waals surface area (Å²) in [6.45, 7) is 6.52. The highest BCUT2D eigenvalue weighted by Gasteiger charge is 2.19. The van der Waals surface area contributed by atoms with E-state index >= 15 is 0 Å². The summed E-state index contributed by atoms with van der Waals surface area (Å²) in [5.41, 5.74) is 15.1. The van der Waals surface area contributed by atoms with Gasteiger partial charge in [0.1, 0.15) is 5.82 Å². The van der Waals surface area contributed by atoms with E-state index in [4.69, 9.17) is 4.98 Å². The van der Waals surface area contributed by atoms with Gasteiger partial charge >= 0.3 is 0 Å². The molecule has 0 aliphatic carbocycles. The SMILES string of the molecule is Cc1ccc2c(c1)c1cc(C)ccc1n2-c1ccc2c3cc(C)ccc3n(-c3cccc(-c4nc5ccccc5n4-c4ccccc4)c3)c2c1. The maximum Gasteiger partial charge on any atom is 0.145 e. The van der Waals surface area contributed by atoms with Gasteiger partial charge in [-0.15, -0.1) is 0 Å². The van der Waals surface area contributed by atoms with Crippen molar-refractivity contribution >= 4 is 54.6 Å². The molecule has 10 aromatic rings. The first-order chi connectivity index (χ1) is 24.5. The highest BCUT2D eigenvalue weighted by molar-refractivity contribution is 6.12. The van der Waals surface area contributed by atoms with Crippen molar-refractivity contribution in [2.75, 3.05) is 0 Å². The fraction of sp³-hybridized carbons (Fsp3) is 0.0652. The van der Waals surface area contributed by atoms with Crippen LogP contribution in [-0.4, -0.2) is 18.7 Å². The van der Waals surface area contributed by atoms with E-state index in [2.05, 4.69) is 186 Å². The fourth-order valence-electron chi connectivity index (χ4n) is 7.91. The predicted octanol–water partition coefficient (Wildman–Crippen LogP) is 11.8. The summed E-state index contributed by atoms with van der Waals surface area (Å²) >= 11 is 0. The van der Waals surface area contributed by atoms with Gasteiger partial charge in [0.25, 0.3) is 0 Å². The van der Waals surface area contributed by atoms with Gasteiger partial charge in [0.05, 0.1) is 33.1 Å². The number of hydrogen-bond acceptors (Lipinski definition) is 1. The molecular formula is C46H34N4. The van der Waals surface area contributed by atoms with Gasteiger partial charge in [0.15, 0.2) is 0 Å². The van der Waals surface area contributed by atoms with Gasteiger partial charge in [-0.05, 0) is 106 Å². The van der Waals surface area contributed by atoms with Gasteiger partial charge in [0.2, 0.25) is 0 Å². The maximum absolute atomic E-state index is 5.19. The summed E-state index contributed by atoms with van der Waals surface area (Å²) in [7, 11) is 0. The first kappa shape index (κ1) is 28.6. The van der Waals surface area contributed by atoms with Crippen LogP contribution in [0, 0.1) is 20.8 Å². The summed E-state index contributed by atoms with van der Waals surface area (Å²) in [5.74, 6) is 0.924. The second-order valence-electron chi connectivity index (χ2n) is 13.6. The third-order valence-electron chi connectivity index (χ3n) is 10.2. The van der Waals surface area contributed by atoms with Crippen molar-refractivity contribution in [1.29, 1.82) is 0 Å². The zero-order valence-electron chi connectivity index (χ0n) is 28.2. The van der Waals surface area contributed by atoms with Gasteiger partial charge in [-0.25, -0.2) is 4.98 Å².